The number of Topliss-reactive ketones (excluding diaryl/α,β-unsaturated/α-hetero) is 1. The van der Waals surface area contributed by atoms with Crippen LogP contribution in [0.25, 0.3) is 0 Å². The first-order valence-electron chi connectivity index (χ1n) is 11.5. The van der Waals surface area contributed by atoms with Crippen molar-refractivity contribution < 1.29 is 23.9 Å². The van der Waals surface area contributed by atoms with Crippen molar-refractivity contribution in [3.8, 4) is 0 Å². The number of piperidine rings is 1. The second-order valence-electron chi connectivity index (χ2n) is 9.53. The van der Waals surface area contributed by atoms with Crippen molar-refractivity contribution in [2.45, 2.75) is 71.4 Å². The molecule has 7 nitrogen and oxygen atoms in total. The lowest BCUT2D eigenvalue weighted by Gasteiger charge is -2.49. The Bertz CT molecular complexity index is 851. The summed E-state index contributed by atoms with van der Waals surface area (Å²) >= 11 is 0. The number of ether oxygens (including phenoxy) is 1. The summed E-state index contributed by atoms with van der Waals surface area (Å²) in [6, 6.07) is 9.58. The van der Waals surface area contributed by atoms with Crippen molar-refractivity contribution in [2.24, 2.45) is 5.41 Å². The van der Waals surface area contributed by atoms with E-state index in [9.17, 15) is 19.2 Å². The van der Waals surface area contributed by atoms with Gasteiger partial charge in [0.05, 0.1) is 11.5 Å². The molecule has 0 aromatic heterocycles. The number of carbonyl (C=O) groups is 4. The van der Waals surface area contributed by atoms with E-state index in [2.05, 4.69) is 12.1 Å². The van der Waals surface area contributed by atoms with Gasteiger partial charge in [0.25, 0.3) is 5.91 Å². The highest BCUT2D eigenvalue weighted by Gasteiger charge is 2.48. The van der Waals surface area contributed by atoms with Crippen LogP contribution in [0, 0.1) is 5.41 Å². The van der Waals surface area contributed by atoms with Crippen molar-refractivity contribution in [3.05, 3.63) is 35.9 Å². The summed E-state index contributed by atoms with van der Waals surface area (Å²) < 4.78 is 4.98. The molecule has 2 atom stereocenters. The molecular formula is C25H34N2O5. The Morgan fingerprint density at radius 1 is 1.09 bits per heavy atom. The fourth-order valence-electron chi connectivity index (χ4n) is 4.60. The van der Waals surface area contributed by atoms with Gasteiger partial charge < -0.3 is 14.5 Å². The van der Waals surface area contributed by atoms with Crippen LogP contribution in [0.2, 0.25) is 0 Å². The second kappa shape index (κ2) is 10.3. The average molecular weight is 443 g/mol. The van der Waals surface area contributed by atoms with E-state index in [-0.39, 0.29) is 18.6 Å². The van der Waals surface area contributed by atoms with Gasteiger partial charge in [-0.1, -0.05) is 30.3 Å². The Kier molecular flexibility index (Phi) is 7.69. The molecule has 7 heteroatoms. The lowest BCUT2D eigenvalue weighted by atomic mass is 9.85. The summed E-state index contributed by atoms with van der Waals surface area (Å²) in [6.07, 6.45) is 5.12. The Morgan fingerprint density at radius 3 is 2.50 bits per heavy atom. The second-order valence-corrected chi connectivity index (χ2v) is 9.53. The van der Waals surface area contributed by atoms with Gasteiger partial charge in [0.2, 0.25) is 11.7 Å². The van der Waals surface area contributed by atoms with Crippen LogP contribution in [-0.4, -0.2) is 65.1 Å². The van der Waals surface area contributed by atoms with Crippen molar-refractivity contribution in [1.29, 1.82) is 0 Å². The number of fused-ring (bicyclic) bond motifs is 2. The van der Waals surface area contributed by atoms with E-state index in [1.54, 1.807) is 13.8 Å². The maximum atomic E-state index is 13.2. The Morgan fingerprint density at radius 2 is 1.81 bits per heavy atom. The van der Waals surface area contributed by atoms with E-state index in [1.807, 2.05) is 23.1 Å². The van der Waals surface area contributed by atoms with Crippen molar-refractivity contribution >= 4 is 23.6 Å². The van der Waals surface area contributed by atoms with E-state index in [0.29, 0.717) is 19.5 Å². The molecular weight excluding hydrogens is 408 g/mol. The SMILES string of the molecule is CC(=O)OCC(C)(C)C(=O)C(=O)N1C2CCCC1C(=O)N(CCCCc1ccccc1)C2. The molecule has 2 aliphatic rings. The molecule has 1 aromatic carbocycles. The molecule has 2 saturated heterocycles. The number of likely N-dealkylation sites (tertiary alicyclic amines) is 1. The summed E-state index contributed by atoms with van der Waals surface area (Å²) in [6.45, 7) is 5.45. The molecule has 174 valence electrons. The number of unbranched alkanes of at least 4 members (excludes halogenated alkanes) is 1. The minimum atomic E-state index is -1.13. The van der Waals surface area contributed by atoms with E-state index < -0.39 is 29.1 Å². The van der Waals surface area contributed by atoms with Gasteiger partial charge in [0.1, 0.15) is 12.6 Å². The van der Waals surface area contributed by atoms with Gasteiger partial charge in [-0.3, -0.25) is 19.2 Å². The molecule has 2 heterocycles. The predicted octanol–water partition coefficient (Wildman–Crippen LogP) is 2.76. The number of piperazine rings is 1. The third-order valence-electron chi connectivity index (χ3n) is 6.44. The topological polar surface area (TPSA) is 84.0 Å². The van der Waals surface area contributed by atoms with Gasteiger partial charge in [-0.25, -0.2) is 0 Å². The number of amides is 2. The number of ketones is 1. The highest BCUT2D eigenvalue weighted by atomic mass is 16.5. The van der Waals surface area contributed by atoms with Gasteiger partial charge in [-0.05, 0) is 57.9 Å². The zero-order valence-corrected chi connectivity index (χ0v) is 19.3. The quantitative estimate of drug-likeness (QED) is 0.334. The summed E-state index contributed by atoms with van der Waals surface area (Å²) in [7, 11) is 0. The summed E-state index contributed by atoms with van der Waals surface area (Å²) in [4.78, 5) is 53.7. The van der Waals surface area contributed by atoms with E-state index in [4.69, 9.17) is 4.74 Å². The van der Waals surface area contributed by atoms with Crippen LogP contribution in [0.5, 0.6) is 0 Å². The van der Waals surface area contributed by atoms with Crippen LogP contribution in [0.1, 0.15) is 58.4 Å². The summed E-state index contributed by atoms with van der Waals surface area (Å²) in [5.41, 5.74) is 0.162. The van der Waals surface area contributed by atoms with Gasteiger partial charge in [0, 0.05) is 20.0 Å². The maximum Gasteiger partial charge on any atom is 0.302 e. The summed E-state index contributed by atoms with van der Waals surface area (Å²) in [5, 5.41) is 0. The number of carbonyl (C=O) groups excluding carboxylic acids is 4. The first kappa shape index (κ1) is 24.0. The summed E-state index contributed by atoms with van der Waals surface area (Å²) in [5.74, 6) is -1.79. The van der Waals surface area contributed by atoms with E-state index in [0.717, 1.165) is 32.1 Å². The molecule has 2 fully saturated rings. The smallest absolute Gasteiger partial charge is 0.302 e. The average Bonchev–Trinajstić information content (AvgIpc) is 2.78. The number of aryl methyl sites for hydroxylation is 1. The van der Waals surface area contributed by atoms with Gasteiger partial charge in [-0.15, -0.1) is 0 Å². The van der Waals surface area contributed by atoms with Gasteiger partial charge in [0.15, 0.2) is 0 Å². The normalized spacial score (nSPS) is 20.8. The molecule has 0 aliphatic carbocycles. The molecule has 2 unspecified atom stereocenters. The Balaban J connectivity index is 1.59. The molecule has 0 radical (unpaired) electrons. The molecule has 2 amide bonds. The minimum absolute atomic E-state index is 0.0559. The van der Waals surface area contributed by atoms with Gasteiger partial charge >= 0.3 is 5.97 Å². The van der Waals surface area contributed by atoms with Crippen LogP contribution in [0.3, 0.4) is 0 Å². The highest BCUT2D eigenvalue weighted by Crippen LogP contribution is 2.32. The van der Waals surface area contributed by atoms with Crippen molar-refractivity contribution in [1.82, 2.24) is 9.80 Å². The molecule has 1 aromatic rings. The molecule has 0 spiro atoms. The van der Waals surface area contributed by atoms with Crippen LogP contribution in [0.4, 0.5) is 0 Å². The van der Waals surface area contributed by atoms with Gasteiger partial charge in [-0.2, -0.15) is 0 Å². The lowest BCUT2D eigenvalue weighted by molar-refractivity contribution is -0.166. The van der Waals surface area contributed by atoms with Crippen LogP contribution < -0.4 is 0 Å². The number of rotatable bonds is 9. The van der Waals surface area contributed by atoms with Crippen LogP contribution in [-0.2, 0) is 30.3 Å². The molecule has 2 aliphatic heterocycles. The van der Waals surface area contributed by atoms with E-state index >= 15 is 0 Å². The number of hydrogen-bond donors (Lipinski definition) is 0. The predicted molar refractivity (Wildman–Crippen MR) is 120 cm³/mol. The Hall–Kier alpha value is -2.70. The lowest BCUT2D eigenvalue weighted by Crippen LogP contribution is -2.67. The number of nitrogens with zero attached hydrogens (tertiary/aromatic N) is 2. The number of hydrogen-bond acceptors (Lipinski definition) is 5. The Labute approximate surface area is 190 Å². The molecule has 0 saturated carbocycles. The standard InChI is InChI=1S/C25H34N2O5/c1-18(28)32-17-25(2,3)22(29)24(31)27-20-13-9-14-21(27)23(30)26(16-20)15-8-7-12-19-10-5-4-6-11-19/h4-6,10-11,20-21H,7-9,12-17H2,1-3H3. The molecule has 2 bridgehead atoms. The van der Waals surface area contributed by atoms with Crippen LogP contribution in [0.15, 0.2) is 30.3 Å². The fraction of sp³-hybridized carbons (Fsp3) is 0.600. The van der Waals surface area contributed by atoms with Crippen molar-refractivity contribution in [2.75, 3.05) is 19.7 Å². The number of benzene rings is 1. The zero-order valence-electron chi connectivity index (χ0n) is 19.3. The monoisotopic (exact) mass is 442 g/mol. The number of esters is 1. The van der Waals surface area contributed by atoms with Crippen LogP contribution >= 0.6 is 0 Å². The highest BCUT2D eigenvalue weighted by molar-refractivity contribution is 6.38. The zero-order chi connectivity index (χ0) is 23.3. The maximum absolute atomic E-state index is 13.2. The minimum Gasteiger partial charge on any atom is -0.465 e. The van der Waals surface area contributed by atoms with E-state index in [1.165, 1.54) is 17.4 Å². The first-order valence-corrected chi connectivity index (χ1v) is 11.5. The van der Waals surface area contributed by atoms with Crippen molar-refractivity contribution in [3.63, 3.8) is 0 Å². The fourth-order valence-corrected chi connectivity index (χ4v) is 4.60. The molecule has 0 N–H and O–H groups in total. The largest absolute Gasteiger partial charge is 0.465 e. The third kappa shape index (κ3) is 5.56. The third-order valence-corrected chi connectivity index (χ3v) is 6.44. The first-order chi connectivity index (χ1) is 15.2. The molecule has 32 heavy (non-hydrogen) atoms. The molecule has 3 rings (SSSR count).